The Kier molecular flexibility index (Phi) is 3.72. The highest BCUT2D eigenvalue weighted by molar-refractivity contribution is 6.30. The van der Waals surface area contributed by atoms with Gasteiger partial charge in [0.15, 0.2) is 0 Å². The molecule has 2 N–H and O–H groups in total. The van der Waals surface area contributed by atoms with Crippen molar-refractivity contribution in [3.63, 3.8) is 0 Å². The summed E-state index contributed by atoms with van der Waals surface area (Å²) in [6, 6.07) is 3.54. The molecule has 0 fully saturated rings. The third-order valence-corrected chi connectivity index (χ3v) is 2.37. The average molecular weight is 260 g/mol. The highest BCUT2D eigenvalue weighted by Crippen LogP contribution is 2.15. The molecule has 0 bridgehead atoms. The lowest BCUT2D eigenvalue weighted by Gasteiger charge is -2.21. The van der Waals surface area contributed by atoms with Crippen molar-refractivity contribution in [3.8, 4) is 0 Å². The molecule has 0 radical (unpaired) electrons. The third kappa shape index (κ3) is 3.17. The summed E-state index contributed by atoms with van der Waals surface area (Å²) in [4.78, 5) is 22.4. The molecule has 17 heavy (non-hydrogen) atoms. The van der Waals surface area contributed by atoms with E-state index in [0.29, 0.717) is 0 Å². The number of carbonyl (C=O) groups is 2. The Bertz CT molecular complexity index is 474. The van der Waals surface area contributed by atoms with Gasteiger partial charge >= 0.3 is 5.97 Å². The summed E-state index contributed by atoms with van der Waals surface area (Å²) >= 11 is 5.54. The lowest BCUT2D eigenvalue weighted by atomic mass is 10.1. The number of nitrogens with one attached hydrogen (secondary N) is 1. The Hall–Kier alpha value is -1.62. The summed E-state index contributed by atoms with van der Waals surface area (Å²) in [5.74, 6) is -2.80. The molecule has 0 aliphatic carbocycles. The Labute approximate surface area is 102 Å². The molecule has 1 amide bonds. The summed E-state index contributed by atoms with van der Waals surface area (Å²) in [6.45, 7) is 2.61. The van der Waals surface area contributed by atoms with Gasteiger partial charge in [0.25, 0.3) is 5.91 Å². The van der Waals surface area contributed by atoms with Crippen LogP contribution >= 0.6 is 11.6 Å². The summed E-state index contributed by atoms with van der Waals surface area (Å²) in [5.41, 5.74) is -1.72. The van der Waals surface area contributed by atoms with E-state index in [9.17, 15) is 14.0 Å². The van der Waals surface area contributed by atoms with Gasteiger partial charge in [-0.05, 0) is 32.0 Å². The number of carbonyl (C=O) groups excluding carboxylic acids is 1. The van der Waals surface area contributed by atoms with Crippen LogP contribution in [0.2, 0.25) is 5.02 Å². The number of amides is 1. The molecular formula is C11H11ClFNO3. The summed E-state index contributed by atoms with van der Waals surface area (Å²) in [5, 5.41) is 11.2. The predicted octanol–water partition coefficient (Wildman–Crippen LogP) is 2.07. The first kappa shape index (κ1) is 13.4. The number of carboxylic acid groups (broad SMARTS) is 1. The van der Waals surface area contributed by atoms with Crippen molar-refractivity contribution >= 4 is 23.5 Å². The maximum Gasteiger partial charge on any atom is 0.328 e. The SMILES string of the molecule is CC(C)(NC(=O)c1ccc(Cl)cc1F)C(=O)O. The standard InChI is InChI=1S/C11H11ClFNO3/c1-11(2,10(16)17)14-9(15)7-4-3-6(12)5-8(7)13/h3-5H,1-2H3,(H,14,15)(H,16,17). The van der Waals surface area contributed by atoms with E-state index >= 15 is 0 Å². The first-order valence-electron chi connectivity index (χ1n) is 4.75. The number of aliphatic carboxylic acids is 1. The average Bonchev–Trinajstić information content (AvgIpc) is 2.15. The Morgan fingerprint density at radius 1 is 1.41 bits per heavy atom. The Morgan fingerprint density at radius 2 is 2.00 bits per heavy atom. The van der Waals surface area contributed by atoms with E-state index in [1.54, 1.807) is 0 Å². The zero-order chi connectivity index (χ0) is 13.2. The van der Waals surface area contributed by atoms with E-state index in [2.05, 4.69) is 5.32 Å². The highest BCUT2D eigenvalue weighted by atomic mass is 35.5. The molecule has 1 rings (SSSR count). The predicted molar refractivity (Wildman–Crippen MR) is 60.6 cm³/mol. The van der Waals surface area contributed by atoms with Crippen molar-refractivity contribution in [2.24, 2.45) is 0 Å². The van der Waals surface area contributed by atoms with Gasteiger partial charge in [-0.15, -0.1) is 0 Å². The minimum atomic E-state index is -1.47. The van der Waals surface area contributed by atoms with Crippen LogP contribution < -0.4 is 5.32 Å². The minimum absolute atomic E-state index is 0.163. The zero-order valence-electron chi connectivity index (χ0n) is 9.25. The lowest BCUT2D eigenvalue weighted by molar-refractivity contribution is -0.143. The minimum Gasteiger partial charge on any atom is -0.480 e. The fourth-order valence-corrected chi connectivity index (χ4v) is 1.24. The maximum atomic E-state index is 13.4. The first-order chi connectivity index (χ1) is 7.74. The zero-order valence-corrected chi connectivity index (χ0v) is 10.0. The Balaban J connectivity index is 2.95. The van der Waals surface area contributed by atoms with Gasteiger partial charge in [-0.25, -0.2) is 9.18 Å². The molecular weight excluding hydrogens is 249 g/mol. The first-order valence-corrected chi connectivity index (χ1v) is 5.13. The van der Waals surface area contributed by atoms with Gasteiger partial charge in [-0.3, -0.25) is 4.79 Å². The van der Waals surface area contributed by atoms with Crippen molar-refractivity contribution in [1.29, 1.82) is 0 Å². The van der Waals surface area contributed by atoms with Crippen LogP contribution in [0.4, 0.5) is 4.39 Å². The lowest BCUT2D eigenvalue weighted by Crippen LogP contribution is -2.49. The molecule has 0 heterocycles. The molecule has 0 atom stereocenters. The summed E-state index contributed by atoms with van der Waals surface area (Å²) in [7, 11) is 0. The van der Waals surface area contributed by atoms with E-state index in [-0.39, 0.29) is 10.6 Å². The second-order valence-electron chi connectivity index (χ2n) is 4.01. The molecule has 92 valence electrons. The van der Waals surface area contributed by atoms with Crippen molar-refractivity contribution in [1.82, 2.24) is 5.32 Å². The van der Waals surface area contributed by atoms with Gasteiger partial charge in [0.2, 0.25) is 0 Å². The Morgan fingerprint density at radius 3 is 2.47 bits per heavy atom. The van der Waals surface area contributed by atoms with E-state index < -0.39 is 23.2 Å². The van der Waals surface area contributed by atoms with Gasteiger partial charge < -0.3 is 10.4 Å². The summed E-state index contributed by atoms with van der Waals surface area (Å²) in [6.07, 6.45) is 0. The van der Waals surface area contributed by atoms with Gasteiger partial charge in [0, 0.05) is 5.02 Å². The van der Waals surface area contributed by atoms with Crippen LogP contribution in [0, 0.1) is 5.82 Å². The van der Waals surface area contributed by atoms with Crippen molar-refractivity contribution in [2.45, 2.75) is 19.4 Å². The number of carboxylic acids is 1. The van der Waals surface area contributed by atoms with Gasteiger partial charge in [0.05, 0.1) is 5.56 Å². The number of hydrogen-bond donors (Lipinski definition) is 2. The number of benzene rings is 1. The third-order valence-electron chi connectivity index (χ3n) is 2.14. The summed E-state index contributed by atoms with van der Waals surface area (Å²) < 4.78 is 13.4. The smallest absolute Gasteiger partial charge is 0.328 e. The van der Waals surface area contributed by atoms with Gasteiger partial charge in [-0.1, -0.05) is 11.6 Å². The molecule has 0 aliphatic heterocycles. The van der Waals surface area contributed by atoms with E-state index in [4.69, 9.17) is 16.7 Å². The number of hydrogen-bond acceptors (Lipinski definition) is 2. The topological polar surface area (TPSA) is 66.4 Å². The second kappa shape index (κ2) is 4.71. The molecule has 0 unspecified atom stereocenters. The van der Waals surface area contributed by atoms with Crippen LogP contribution in [0.25, 0.3) is 0 Å². The van der Waals surface area contributed by atoms with Crippen LogP contribution in [-0.2, 0) is 4.79 Å². The van der Waals surface area contributed by atoms with Crippen molar-refractivity contribution in [2.75, 3.05) is 0 Å². The molecule has 1 aromatic rings. The molecule has 6 heteroatoms. The quantitative estimate of drug-likeness (QED) is 0.873. The van der Waals surface area contributed by atoms with Crippen molar-refractivity contribution < 1.29 is 19.1 Å². The molecule has 1 aromatic carbocycles. The van der Waals surface area contributed by atoms with Crippen molar-refractivity contribution in [3.05, 3.63) is 34.6 Å². The monoisotopic (exact) mass is 259 g/mol. The normalized spacial score (nSPS) is 11.1. The van der Waals surface area contributed by atoms with Crippen LogP contribution in [0.1, 0.15) is 24.2 Å². The van der Waals surface area contributed by atoms with Gasteiger partial charge in [-0.2, -0.15) is 0 Å². The fraction of sp³-hybridized carbons (Fsp3) is 0.273. The van der Waals surface area contributed by atoms with Gasteiger partial charge in [0.1, 0.15) is 11.4 Å². The molecule has 4 nitrogen and oxygen atoms in total. The van der Waals surface area contributed by atoms with Crippen LogP contribution in [0.3, 0.4) is 0 Å². The number of halogens is 2. The van der Waals surface area contributed by atoms with Crippen LogP contribution in [0.15, 0.2) is 18.2 Å². The van der Waals surface area contributed by atoms with Crippen LogP contribution in [-0.4, -0.2) is 22.5 Å². The molecule has 0 saturated carbocycles. The van der Waals surface area contributed by atoms with E-state index in [1.165, 1.54) is 26.0 Å². The highest BCUT2D eigenvalue weighted by Gasteiger charge is 2.30. The second-order valence-corrected chi connectivity index (χ2v) is 4.44. The molecule has 0 aliphatic rings. The largest absolute Gasteiger partial charge is 0.480 e. The molecule has 0 saturated heterocycles. The van der Waals surface area contributed by atoms with E-state index in [1.807, 2.05) is 0 Å². The maximum absolute atomic E-state index is 13.4. The molecule has 0 aromatic heterocycles. The molecule has 0 spiro atoms. The number of rotatable bonds is 3. The van der Waals surface area contributed by atoms with E-state index in [0.717, 1.165) is 6.07 Å². The fourth-order valence-electron chi connectivity index (χ4n) is 1.08. The van der Waals surface area contributed by atoms with Crippen LogP contribution in [0.5, 0.6) is 0 Å².